The lowest BCUT2D eigenvalue weighted by Crippen LogP contribution is -2.20. The van der Waals surface area contributed by atoms with Crippen molar-refractivity contribution in [2.45, 2.75) is 6.92 Å². The molecule has 2 aromatic carbocycles. The Morgan fingerprint density at radius 3 is 2.65 bits per heavy atom. The topological polar surface area (TPSA) is 64.6 Å². The van der Waals surface area contributed by atoms with E-state index in [0.29, 0.717) is 11.3 Å². The smallest absolute Gasteiger partial charge is 0.338 e. The Hall–Kier alpha value is -2.89. The van der Waals surface area contributed by atoms with E-state index in [1.54, 1.807) is 31.2 Å². The summed E-state index contributed by atoms with van der Waals surface area (Å²) in [6.45, 7) is 1.72. The fourth-order valence-electron chi connectivity index (χ4n) is 1.84. The second-order valence-electron chi connectivity index (χ2n) is 4.60. The van der Waals surface area contributed by atoms with Gasteiger partial charge in [-0.05, 0) is 37.3 Å². The first-order chi connectivity index (χ1) is 11.1. The molecule has 0 unspecified atom stereocenters. The van der Waals surface area contributed by atoms with E-state index in [1.165, 1.54) is 24.3 Å². The number of amides is 1. The molecular weight excluding hydrogens is 301 g/mol. The van der Waals surface area contributed by atoms with Crippen molar-refractivity contribution in [3.8, 4) is 5.75 Å². The van der Waals surface area contributed by atoms with Gasteiger partial charge in [-0.1, -0.05) is 12.1 Å². The summed E-state index contributed by atoms with van der Waals surface area (Å²) in [6.07, 6.45) is 0. The number of carbonyl (C=O) groups excluding carboxylic acids is 2. The lowest BCUT2D eigenvalue weighted by molar-refractivity contribution is -0.118. The molecule has 0 bridgehead atoms. The molecule has 0 atom stereocenters. The van der Waals surface area contributed by atoms with Crippen molar-refractivity contribution in [3.05, 3.63) is 59.9 Å². The van der Waals surface area contributed by atoms with Crippen LogP contribution in [-0.2, 0) is 9.53 Å². The van der Waals surface area contributed by atoms with Crippen LogP contribution >= 0.6 is 0 Å². The molecule has 1 amide bonds. The molecule has 6 heteroatoms. The van der Waals surface area contributed by atoms with Gasteiger partial charge in [0.05, 0.1) is 12.2 Å². The molecule has 0 aliphatic carbocycles. The molecule has 0 aliphatic rings. The summed E-state index contributed by atoms with van der Waals surface area (Å²) in [7, 11) is 0. The summed E-state index contributed by atoms with van der Waals surface area (Å²) in [5, 5.41) is 2.60. The van der Waals surface area contributed by atoms with Crippen LogP contribution in [0.3, 0.4) is 0 Å². The third kappa shape index (κ3) is 5.10. The van der Waals surface area contributed by atoms with E-state index in [4.69, 9.17) is 9.47 Å². The van der Waals surface area contributed by atoms with Crippen molar-refractivity contribution in [3.63, 3.8) is 0 Å². The summed E-state index contributed by atoms with van der Waals surface area (Å²) in [4.78, 5) is 23.5. The summed E-state index contributed by atoms with van der Waals surface area (Å²) in [5.74, 6) is -1.06. The lowest BCUT2D eigenvalue weighted by atomic mass is 10.2. The lowest BCUT2D eigenvalue weighted by Gasteiger charge is -2.08. The van der Waals surface area contributed by atoms with Crippen LogP contribution in [0.4, 0.5) is 10.1 Å². The minimum atomic E-state index is -0.459. The van der Waals surface area contributed by atoms with Crippen LogP contribution in [0.2, 0.25) is 0 Å². The van der Waals surface area contributed by atoms with Gasteiger partial charge >= 0.3 is 5.97 Å². The molecule has 2 rings (SSSR count). The van der Waals surface area contributed by atoms with Crippen LogP contribution in [0, 0.1) is 5.82 Å². The monoisotopic (exact) mass is 317 g/mol. The minimum absolute atomic E-state index is 0.264. The van der Waals surface area contributed by atoms with Gasteiger partial charge in [-0.15, -0.1) is 0 Å². The molecular formula is C17H16FNO4. The van der Waals surface area contributed by atoms with E-state index in [2.05, 4.69) is 5.32 Å². The molecule has 1 N–H and O–H groups in total. The Morgan fingerprint density at radius 1 is 1.13 bits per heavy atom. The standard InChI is InChI=1S/C17H16FNO4/c1-2-22-17(21)12-5-3-7-14(9-12)19-16(20)11-23-15-8-4-6-13(18)10-15/h3-10H,2,11H2,1H3,(H,19,20). The molecule has 0 saturated heterocycles. The van der Waals surface area contributed by atoms with Gasteiger partial charge in [0.15, 0.2) is 6.61 Å². The predicted octanol–water partition coefficient (Wildman–Crippen LogP) is 3.02. The first kappa shape index (κ1) is 16.5. The molecule has 0 aromatic heterocycles. The molecule has 0 fully saturated rings. The summed E-state index contributed by atoms with van der Waals surface area (Å²) in [6, 6.07) is 11.9. The molecule has 0 aliphatic heterocycles. The van der Waals surface area contributed by atoms with E-state index < -0.39 is 17.7 Å². The van der Waals surface area contributed by atoms with Crippen LogP contribution in [0.15, 0.2) is 48.5 Å². The van der Waals surface area contributed by atoms with E-state index in [1.807, 2.05) is 0 Å². The zero-order chi connectivity index (χ0) is 16.7. The number of esters is 1. The van der Waals surface area contributed by atoms with Crippen LogP contribution in [0.5, 0.6) is 5.75 Å². The molecule has 0 spiro atoms. The maximum atomic E-state index is 13.0. The number of benzene rings is 2. The van der Waals surface area contributed by atoms with Gasteiger partial charge in [-0.2, -0.15) is 0 Å². The zero-order valence-corrected chi connectivity index (χ0v) is 12.5. The summed E-state index contributed by atoms with van der Waals surface area (Å²) >= 11 is 0. The van der Waals surface area contributed by atoms with Crippen LogP contribution in [0.25, 0.3) is 0 Å². The normalized spacial score (nSPS) is 10.0. The predicted molar refractivity (Wildman–Crippen MR) is 82.9 cm³/mol. The average Bonchev–Trinajstić information content (AvgIpc) is 2.53. The van der Waals surface area contributed by atoms with Gasteiger partial charge < -0.3 is 14.8 Å². The van der Waals surface area contributed by atoms with Gasteiger partial charge in [0.2, 0.25) is 0 Å². The SMILES string of the molecule is CCOC(=O)c1cccc(NC(=O)COc2cccc(F)c2)c1. The maximum absolute atomic E-state index is 13.0. The fourth-order valence-corrected chi connectivity index (χ4v) is 1.84. The van der Waals surface area contributed by atoms with Crippen molar-refractivity contribution in [2.24, 2.45) is 0 Å². The van der Waals surface area contributed by atoms with Crippen LogP contribution in [0.1, 0.15) is 17.3 Å². The van der Waals surface area contributed by atoms with Gasteiger partial charge in [-0.3, -0.25) is 4.79 Å². The minimum Gasteiger partial charge on any atom is -0.484 e. The third-order valence-corrected chi connectivity index (χ3v) is 2.82. The Morgan fingerprint density at radius 2 is 1.91 bits per heavy atom. The van der Waals surface area contributed by atoms with Crippen molar-refractivity contribution in [1.82, 2.24) is 0 Å². The highest BCUT2D eigenvalue weighted by Crippen LogP contribution is 2.13. The number of hydrogen-bond donors (Lipinski definition) is 1. The number of rotatable bonds is 6. The van der Waals surface area contributed by atoms with Crippen LogP contribution in [-0.4, -0.2) is 25.1 Å². The zero-order valence-electron chi connectivity index (χ0n) is 12.5. The van der Waals surface area contributed by atoms with Crippen molar-refractivity contribution >= 4 is 17.6 Å². The second kappa shape index (κ2) is 7.93. The molecule has 23 heavy (non-hydrogen) atoms. The van der Waals surface area contributed by atoms with Gasteiger partial charge in [0.1, 0.15) is 11.6 Å². The van der Waals surface area contributed by atoms with Crippen LogP contribution < -0.4 is 10.1 Å². The molecule has 5 nitrogen and oxygen atoms in total. The van der Waals surface area contributed by atoms with Crippen molar-refractivity contribution < 1.29 is 23.5 Å². The Balaban J connectivity index is 1.92. The maximum Gasteiger partial charge on any atom is 0.338 e. The van der Waals surface area contributed by atoms with E-state index in [-0.39, 0.29) is 19.0 Å². The Labute approximate surface area is 133 Å². The first-order valence-corrected chi connectivity index (χ1v) is 7.04. The molecule has 0 radical (unpaired) electrons. The third-order valence-electron chi connectivity index (χ3n) is 2.82. The average molecular weight is 317 g/mol. The number of anilines is 1. The highest BCUT2D eigenvalue weighted by atomic mass is 19.1. The first-order valence-electron chi connectivity index (χ1n) is 7.04. The molecule has 0 heterocycles. The van der Waals surface area contributed by atoms with E-state index in [9.17, 15) is 14.0 Å². The number of halogens is 1. The molecule has 120 valence electrons. The van der Waals surface area contributed by atoms with E-state index in [0.717, 1.165) is 0 Å². The van der Waals surface area contributed by atoms with Gasteiger partial charge in [0, 0.05) is 11.8 Å². The Bertz CT molecular complexity index is 702. The summed E-state index contributed by atoms with van der Waals surface area (Å²) < 4.78 is 23.1. The highest BCUT2D eigenvalue weighted by Gasteiger charge is 2.09. The molecule has 2 aromatic rings. The van der Waals surface area contributed by atoms with Gasteiger partial charge in [-0.25, -0.2) is 9.18 Å². The number of carbonyl (C=O) groups is 2. The molecule has 0 saturated carbocycles. The van der Waals surface area contributed by atoms with Gasteiger partial charge in [0.25, 0.3) is 5.91 Å². The highest BCUT2D eigenvalue weighted by molar-refractivity contribution is 5.95. The Kier molecular flexibility index (Phi) is 5.68. The summed E-state index contributed by atoms with van der Waals surface area (Å²) in [5.41, 5.74) is 0.791. The van der Waals surface area contributed by atoms with Crippen molar-refractivity contribution in [2.75, 3.05) is 18.5 Å². The fraction of sp³-hybridized carbons (Fsp3) is 0.176. The van der Waals surface area contributed by atoms with E-state index >= 15 is 0 Å². The second-order valence-corrected chi connectivity index (χ2v) is 4.60. The number of hydrogen-bond acceptors (Lipinski definition) is 4. The number of ether oxygens (including phenoxy) is 2. The quantitative estimate of drug-likeness (QED) is 0.832. The largest absolute Gasteiger partial charge is 0.484 e. The number of nitrogens with one attached hydrogen (secondary N) is 1. The van der Waals surface area contributed by atoms with Crippen molar-refractivity contribution in [1.29, 1.82) is 0 Å².